The lowest BCUT2D eigenvalue weighted by Crippen LogP contribution is -2.56. The molecule has 1 aromatic heterocycles. The summed E-state index contributed by atoms with van der Waals surface area (Å²) >= 11 is 3.46. The molecule has 1 aliphatic rings. The van der Waals surface area contributed by atoms with Crippen molar-refractivity contribution in [2.45, 2.75) is 52.2 Å². The van der Waals surface area contributed by atoms with Gasteiger partial charge in [-0.15, -0.1) is 12.4 Å². The van der Waals surface area contributed by atoms with E-state index in [4.69, 9.17) is 0 Å². The maximum absolute atomic E-state index is 12.6. The van der Waals surface area contributed by atoms with E-state index in [0.717, 1.165) is 23.1 Å². The number of carbonyl (C=O) groups is 1. The molecular formula is C15H25BrClN3O. The zero-order chi connectivity index (χ0) is 14.9. The van der Waals surface area contributed by atoms with E-state index in [0.29, 0.717) is 12.0 Å². The summed E-state index contributed by atoms with van der Waals surface area (Å²) in [6, 6.07) is 2.65. The third kappa shape index (κ3) is 4.24. The van der Waals surface area contributed by atoms with E-state index in [1.165, 1.54) is 0 Å². The molecule has 1 aromatic rings. The van der Waals surface area contributed by atoms with Gasteiger partial charge in [0.05, 0.1) is 0 Å². The van der Waals surface area contributed by atoms with Crippen molar-refractivity contribution in [1.29, 1.82) is 0 Å². The van der Waals surface area contributed by atoms with Gasteiger partial charge in [0.1, 0.15) is 5.69 Å². The third-order valence-corrected chi connectivity index (χ3v) is 4.55. The molecular weight excluding hydrogens is 354 g/mol. The Bertz CT molecular complexity index is 479. The fraction of sp³-hybridized carbons (Fsp3) is 0.667. The number of hydrogen-bond acceptors (Lipinski definition) is 2. The highest BCUT2D eigenvalue weighted by atomic mass is 79.9. The van der Waals surface area contributed by atoms with Crippen molar-refractivity contribution in [2.24, 2.45) is 5.92 Å². The predicted molar refractivity (Wildman–Crippen MR) is 92.3 cm³/mol. The van der Waals surface area contributed by atoms with Crippen LogP contribution in [0.5, 0.6) is 0 Å². The number of piperidine rings is 1. The summed E-state index contributed by atoms with van der Waals surface area (Å²) in [5, 5.41) is 6.63. The Morgan fingerprint density at radius 2 is 2.14 bits per heavy atom. The van der Waals surface area contributed by atoms with Gasteiger partial charge in [0.25, 0.3) is 5.91 Å². The van der Waals surface area contributed by atoms with Gasteiger partial charge in [0.15, 0.2) is 0 Å². The average Bonchev–Trinajstić information content (AvgIpc) is 2.76. The number of nitrogens with zero attached hydrogens (tertiary/aromatic N) is 1. The second kappa shape index (κ2) is 7.65. The molecule has 1 amide bonds. The van der Waals surface area contributed by atoms with E-state index in [1.54, 1.807) is 0 Å². The number of halogens is 2. The largest absolute Gasteiger partial charge is 0.346 e. The highest BCUT2D eigenvalue weighted by Crippen LogP contribution is 2.21. The Kier molecular flexibility index (Phi) is 6.75. The first-order chi connectivity index (χ1) is 9.40. The van der Waals surface area contributed by atoms with E-state index in [2.05, 4.69) is 54.3 Å². The summed E-state index contributed by atoms with van der Waals surface area (Å²) < 4.78 is 2.95. The molecule has 6 heteroatoms. The van der Waals surface area contributed by atoms with E-state index in [1.807, 2.05) is 16.8 Å². The summed E-state index contributed by atoms with van der Waals surface area (Å²) in [6.07, 6.45) is 3.07. The van der Waals surface area contributed by atoms with Gasteiger partial charge in [0.2, 0.25) is 0 Å². The molecule has 2 rings (SSSR count). The Morgan fingerprint density at radius 1 is 1.48 bits per heavy atom. The van der Waals surface area contributed by atoms with Crippen LogP contribution in [0.25, 0.3) is 0 Å². The second-order valence-corrected chi connectivity index (χ2v) is 6.97. The smallest absolute Gasteiger partial charge is 0.268 e. The van der Waals surface area contributed by atoms with Crippen molar-refractivity contribution in [3.8, 4) is 0 Å². The fourth-order valence-corrected chi connectivity index (χ4v) is 3.32. The van der Waals surface area contributed by atoms with Crippen LogP contribution in [0.2, 0.25) is 0 Å². The Hall–Kier alpha value is -0.520. The van der Waals surface area contributed by atoms with E-state index < -0.39 is 0 Å². The van der Waals surface area contributed by atoms with Gasteiger partial charge in [-0.3, -0.25) is 4.79 Å². The molecule has 1 saturated heterocycles. The number of hydrogen-bond donors (Lipinski definition) is 2. The van der Waals surface area contributed by atoms with Crippen molar-refractivity contribution >= 4 is 34.2 Å². The topological polar surface area (TPSA) is 46.1 Å². The number of nitrogens with one attached hydrogen (secondary N) is 2. The molecule has 21 heavy (non-hydrogen) atoms. The number of aromatic nitrogens is 1. The minimum atomic E-state index is 0. The van der Waals surface area contributed by atoms with Crippen molar-refractivity contribution < 1.29 is 4.79 Å². The molecule has 0 spiro atoms. The average molecular weight is 379 g/mol. The highest BCUT2D eigenvalue weighted by molar-refractivity contribution is 9.10. The van der Waals surface area contributed by atoms with Crippen LogP contribution >= 0.6 is 28.3 Å². The lowest BCUT2D eigenvalue weighted by molar-refractivity contribution is 0.0886. The first-order valence-corrected chi connectivity index (χ1v) is 8.11. The molecule has 2 heterocycles. The molecule has 1 fully saturated rings. The van der Waals surface area contributed by atoms with E-state index >= 15 is 0 Å². The zero-order valence-electron chi connectivity index (χ0n) is 13.0. The highest BCUT2D eigenvalue weighted by Gasteiger charge is 2.29. The van der Waals surface area contributed by atoms with Crippen LogP contribution in [-0.4, -0.2) is 29.1 Å². The van der Waals surface area contributed by atoms with Crippen LogP contribution in [0.4, 0.5) is 0 Å². The lowest BCUT2D eigenvalue weighted by atomic mass is 9.89. The summed E-state index contributed by atoms with van der Waals surface area (Å²) in [4.78, 5) is 12.6. The van der Waals surface area contributed by atoms with E-state index in [9.17, 15) is 4.79 Å². The minimum Gasteiger partial charge on any atom is -0.346 e. The van der Waals surface area contributed by atoms with Crippen LogP contribution in [0.1, 0.15) is 50.6 Å². The summed E-state index contributed by atoms with van der Waals surface area (Å²) in [5.41, 5.74) is 0.719. The number of carbonyl (C=O) groups excluding carboxylic acids is 1. The molecule has 0 saturated carbocycles. The molecule has 0 aromatic carbocycles. The van der Waals surface area contributed by atoms with Crippen LogP contribution in [0, 0.1) is 5.92 Å². The molecule has 0 aliphatic carbocycles. The maximum atomic E-state index is 12.6. The van der Waals surface area contributed by atoms with Gasteiger partial charge in [-0.25, -0.2) is 0 Å². The normalized spacial score (nSPS) is 25.5. The zero-order valence-corrected chi connectivity index (χ0v) is 15.4. The minimum absolute atomic E-state index is 0. The van der Waals surface area contributed by atoms with Crippen molar-refractivity contribution in [3.05, 3.63) is 22.4 Å². The van der Waals surface area contributed by atoms with E-state index in [-0.39, 0.29) is 30.4 Å². The molecule has 1 aliphatic heterocycles. The number of amides is 1. The molecule has 0 radical (unpaired) electrons. The van der Waals surface area contributed by atoms with Gasteiger partial charge in [-0.1, -0.05) is 6.92 Å². The van der Waals surface area contributed by atoms with Crippen LogP contribution < -0.4 is 10.6 Å². The Balaban J connectivity index is 0.00000220. The lowest BCUT2D eigenvalue weighted by Gasteiger charge is -2.36. The van der Waals surface area contributed by atoms with Crippen LogP contribution in [0.3, 0.4) is 0 Å². The molecule has 4 nitrogen and oxygen atoms in total. The maximum Gasteiger partial charge on any atom is 0.268 e. The van der Waals surface area contributed by atoms with Crippen molar-refractivity contribution in [2.75, 3.05) is 6.54 Å². The summed E-state index contributed by atoms with van der Waals surface area (Å²) in [7, 11) is 0. The van der Waals surface area contributed by atoms with Gasteiger partial charge >= 0.3 is 0 Å². The molecule has 0 bridgehead atoms. The van der Waals surface area contributed by atoms with Crippen molar-refractivity contribution in [3.63, 3.8) is 0 Å². The van der Waals surface area contributed by atoms with Gasteiger partial charge in [-0.2, -0.15) is 0 Å². The standard InChI is InChI=1S/C15H24BrN3O.ClH/c1-9(2)19-8-12(16)7-13(19)15(20)18-14-10(3)5-6-17-11(14)4;/h7-11,14,17H,5-6H2,1-4H3,(H,18,20);1H. The predicted octanol–water partition coefficient (Wildman–Crippen LogP) is 3.37. The van der Waals surface area contributed by atoms with Gasteiger partial charge in [-0.05, 0) is 61.7 Å². The summed E-state index contributed by atoms with van der Waals surface area (Å²) in [5.74, 6) is 0.512. The Morgan fingerprint density at radius 3 is 2.71 bits per heavy atom. The van der Waals surface area contributed by atoms with Gasteiger partial charge in [0, 0.05) is 28.8 Å². The first kappa shape index (κ1) is 18.5. The second-order valence-electron chi connectivity index (χ2n) is 6.05. The quantitative estimate of drug-likeness (QED) is 0.847. The monoisotopic (exact) mass is 377 g/mol. The first-order valence-electron chi connectivity index (χ1n) is 7.31. The molecule has 120 valence electrons. The van der Waals surface area contributed by atoms with Gasteiger partial charge < -0.3 is 15.2 Å². The fourth-order valence-electron chi connectivity index (χ4n) is 2.89. The number of rotatable bonds is 3. The van der Waals surface area contributed by atoms with Crippen LogP contribution in [-0.2, 0) is 0 Å². The van der Waals surface area contributed by atoms with Crippen LogP contribution in [0.15, 0.2) is 16.7 Å². The third-order valence-electron chi connectivity index (χ3n) is 4.12. The molecule has 3 unspecified atom stereocenters. The summed E-state index contributed by atoms with van der Waals surface area (Å²) in [6.45, 7) is 9.54. The SMILES string of the molecule is CC1CCNC(C)C1NC(=O)c1cc(Br)cn1C(C)C.Cl. The Labute approximate surface area is 141 Å². The molecule has 3 atom stereocenters. The molecule has 2 N–H and O–H groups in total. The van der Waals surface area contributed by atoms with Crippen molar-refractivity contribution in [1.82, 2.24) is 15.2 Å².